The number of rotatable bonds is 4. The van der Waals surface area contributed by atoms with Gasteiger partial charge in [-0.05, 0) is 18.2 Å². The molecule has 0 spiro atoms. The summed E-state index contributed by atoms with van der Waals surface area (Å²) in [6, 6.07) is 3.88. The van der Waals surface area contributed by atoms with Crippen molar-refractivity contribution in [2.24, 2.45) is 7.05 Å². The molecule has 0 amide bonds. The van der Waals surface area contributed by atoms with Gasteiger partial charge in [-0.25, -0.2) is 13.2 Å². The van der Waals surface area contributed by atoms with Crippen molar-refractivity contribution in [3.63, 3.8) is 0 Å². The highest BCUT2D eigenvalue weighted by Crippen LogP contribution is 2.28. The van der Waals surface area contributed by atoms with Crippen LogP contribution in [0.5, 0.6) is 0 Å². The third-order valence-corrected chi connectivity index (χ3v) is 5.31. The minimum atomic E-state index is -3.86. The van der Waals surface area contributed by atoms with E-state index in [0.29, 0.717) is 5.69 Å². The average Bonchev–Trinajstić information content (AvgIpc) is 2.91. The van der Waals surface area contributed by atoms with Crippen LogP contribution in [0.1, 0.15) is 10.4 Å². The Hall–Kier alpha value is -2.06. The molecule has 0 bridgehead atoms. The van der Waals surface area contributed by atoms with E-state index in [1.807, 2.05) is 0 Å². The maximum Gasteiger partial charge on any atom is 0.337 e. The van der Waals surface area contributed by atoms with Crippen LogP contribution < -0.4 is 4.31 Å². The normalized spacial score (nSPS) is 11.3. The zero-order valence-corrected chi connectivity index (χ0v) is 13.7. The summed E-state index contributed by atoms with van der Waals surface area (Å²) in [5, 5.41) is 3.88. The highest BCUT2D eigenvalue weighted by Gasteiger charge is 2.25. The third kappa shape index (κ3) is 2.93. The van der Waals surface area contributed by atoms with E-state index in [0.717, 1.165) is 4.31 Å². The first kappa shape index (κ1) is 16.3. The zero-order chi connectivity index (χ0) is 16.5. The number of aromatic nitrogens is 2. The highest BCUT2D eigenvalue weighted by atomic mass is 35.5. The number of sulfonamides is 1. The Balaban J connectivity index is 2.43. The summed E-state index contributed by atoms with van der Waals surface area (Å²) in [6.45, 7) is 0. The molecule has 2 rings (SSSR count). The van der Waals surface area contributed by atoms with E-state index in [1.54, 1.807) is 13.2 Å². The van der Waals surface area contributed by atoms with Crippen molar-refractivity contribution in [2.45, 2.75) is 4.90 Å². The summed E-state index contributed by atoms with van der Waals surface area (Å²) < 4.78 is 32.3. The van der Waals surface area contributed by atoms with Gasteiger partial charge in [0.2, 0.25) is 0 Å². The third-order valence-electron chi connectivity index (χ3n) is 3.05. The molecule has 0 aliphatic heterocycles. The summed E-state index contributed by atoms with van der Waals surface area (Å²) in [6.07, 6.45) is 2.99. The van der Waals surface area contributed by atoms with Gasteiger partial charge in [0.05, 0.1) is 29.6 Å². The number of ether oxygens (including phenoxy) is 1. The fourth-order valence-corrected chi connectivity index (χ4v) is 3.50. The van der Waals surface area contributed by atoms with E-state index in [9.17, 15) is 13.2 Å². The van der Waals surface area contributed by atoms with E-state index < -0.39 is 16.0 Å². The van der Waals surface area contributed by atoms with Crippen molar-refractivity contribution in [3.8, 4) is 0 Å². The van der Waals surface area contributed by atoms with Crippen molar-refractivity contribution in [2.75, 3.05) is 18.5 Å². The largest absolute Gasteiger partial charge is 0.465 e. The molecule has 1 aromatic carbocycles. The first-order valence-corrected chi connectivity index (χ1v) is 7.94. The Morgan fingerprint density at radius 3 is 2.59 bits per heavy atom. The van der Waals surface area contributed by atoms with Crippen LogP contribution in [0.2, 0.25) is 5.02 Å². The number of nitrogens with zero attached hydrogens (tertiary/aromatic N) is 3. The monoisotopic (exact) mass is 343 g/mol. The molecule has 0 aliphatic carbocycles. The molecule has 2 aromatic rings. The number of methoxy groups -OCH3 is 1. The molecule has 118 valence electrons. The molecule has 1 heterocycles. The number of anilines is 1. The lowest BCUT2D eigenvalue weighted by molar-refractivity contribution is 0.0600. The molecule has 9 heteroatoms. The van der Waals surface area contributed by atoms with E-state index >= 15 is 0 Å². The number of esters is 1. The summed E-state index contributed by atoms with van der Waals surface area (Å²) >= 11 is 6.02. The maximum atomic E-state index is 12.6. The quantitative estimate of drug-likeness (QED) is 0.789. The summed E-state index contributed by atoms with van der Waals surface area (Å²) in [5.41, 5.74) is 0.575. The number of carbonyl (C=O) groups is 1. The van der Waals surface area contributed by atoms with Gasteiger partial charge in [0.1, 0.15) is 4.90 Å². The van der Waals surface area contributed by atoms with Crippen LogP contribution in [-0.4, -0.2) is 38.3 Å². The van der Waals surface area contributed by atoms with E-state index in [-0.39, 0.29) is 15.5 Å². The van der Waals surface area contributed by atoms with Crippen LogP contribution in [-0.2, 0) is 21.8 Å². The van der Waals surface area contributed by atoms with E-state index in [1.165, 1.54) is 43.2 Å². The number of aryl methyl sites for hydroxylation is 1. The van der Waals surface area contributed by atoms with Crippen molar-refractivity contribution in [1.29, 1.82) is 0 Å². The predicted molar refractivity (Wildman–Crippen MR) is 81.6 cm³/mol. The lowest BCUT2D eigenvalue weighted by Crippen LogP contribution is -2.26. The standard InChI is InChI=1S/C13H14ClN3O4S/c1-16-8-10(7-15-16)17(2)22(19,20)12-5-4-9(6-11(12)14)13(18)21-3/h4-8H,1-3H3. The first-order chi connectivity index (χ1) is 10.3. The predicted octanol–water partition coefficient (Wildman–Crippen LogP) is 1.69. The van der Waals surface area contributed by atoms with Gasteiger partial charge in [0.25, 0.3) is 10.0 Å². The number of halogens is 1. The Kier molecular flexibility index (Phi) is 4.43. The molecule has 0 N–H and O–H groups in total. The number of hydrogen-bond acceptors (Lipinski definition) is 5. The van der Waals surface area contributed by atoms with E-state index in [2.05, 4.69) is 9.84 Å². The van der Waals surface area contributed by atoms with Gasteiger partial charge in [-0.15, -0.1) is 0 Å². The Morgan fingerprint density at radius 1 is 1.41 bits per heavy atom. The van der Waals surface area contributed by atoms with Gasteiger partial charge >= 0.3 is 5.97 Å². The molecular weight excluding hydrogens is 330 g/mol. The van der Waals surface area contributed by atoms with Crippen molar-refractivity contribution in [3.05, 3.63) is 41.2 Å². The van der Waals surface area contributed by atoms with Crippen LogP contribution >= 0.6 is 11.6 Å². The molecule has 1 aromatic heterocycles. The number of benzene rings is 1. The van der Waals surface area contributed by atoms with Gasteiger partial charge in [0, 0.05) is 20.3 Å². The molecule has 7 nitrogen and oxygen atoms in total. The molecule has 0 radical (unpaired) electrons. The molecule has 0 saturated heterocycles. The van der Waals surface area contributed by atoms with Crippen molar-refractivity contribution < 1.29 is 17.9 Å². The molecule has 0 aliphatic rings. The smallest absolute Gasteiger partial charge is 0.337 e. The molecule has 0 unspecified atom stereocenters. The van der Waals surface area contributed by atoms with Crippen molar-refractivity contribution >= 4 is 33.3 Å². The molecule has 22 heavy (non-hydrogen) atoms. The van der Waals surface area contributed by atoms with Crippen molar-refractivity contribution in [1.82, 2.24) is 9.78 Å². The van der Waals surface area contributed by atoms with Crippen LogP contribution in [0.4, 0.5) is 5.69 Å². The van der Waals surface area contributed by atoms with Crippen LogP contribution in [0.3, 0.4) is 0 Å². The second kappa shape index (κ2) is 5.98. The van der Waals surface area contributed by atoms with Gasteiger partial charge < -0.3 is 4.74 Å². The summed E-state index contributed by atoms with van der Waals surface area (Å²) in [7, 11) is 0.453. The molecule has 0 fully saturated rings. The van der Waals surface area contributed by atoms with Crippen LogP contribution in [0.25, 0.3) is 0 Å². The summed E-state index contributed by atoms with van der Waals surface area (Å²) in [4.78, 5) is 11.3. The first-order valence-electron chi connectivity index (χ1n) is 6.13. The molecular formula is C13H14ClN3O4S. The topological polar surface area (TPSA) is 81.5 Å². The Morgan fingerprint density at radius 2 is 2.09 bits per heavy atom. The second-order valence-electron chi connectivity index (χ2n) is 4.48. The van der Waals surface area contributed by atoms with Gasteiger partial charge in [-0.2, -0.15) is 5.10 Å². The van der Waals surface area contributed by atoms with Gasteiger partial charge in [-0.1, -0.05) is 11.6 Å². The minimum Gasteiger partial charge on any atom is -0.465 e. The fourth-order valence-electron chi connectivity index (χ4n) is 1.81. The zero-order valence-electron chi connectivity index (χ0n) is 12.1. The lowest BCUT2D eigenvalue weighted by Gasteiger charge is -2.18. The Labute approximate surface area is 133 Å². The lowest BCUT2D eigenvalue weighted by atomic mass is 10.2. The van der Waals surface area contributed by atoms with Gasteiger partial charge in [-0.3, -0.25) is 8.99 Å². The highest BCUT2D eigenvalue weighted by molar-refractivity contribution is 7.93. The van der Waals surface area contributed by atoms with Crippen LogP contribution in [0, 0.1) is 0 Å². The minimum absolute atomic E-state index is 0.0568. The second-order valence-corrected chi connectivity index (χ2v) is 6.83. The molecule has 0 saturated carbocycles. The van der Waals surface area contributed by atoms with Crippen LogP contribution in [0.15, 0.2) is 35.5 Å². The maximum absolute atomic E-state index is 12.6. The average molecular weight is 344 g/mol. The number of hydrogen-bond donors (Lipinski definition) is 0. The fraction of sp³-hybridized carbons (Fsp3) is 0.231. The Bertz CT molecular complexity index is 816. The van der Waals surface area contributed by atoms with Gasteiger partial charge in [0.15, 0.2) is 0 Å². The SMILES string of the molecule is COC(=O)c1ccc(S(=O)(=O)N(C)c2cnn(C)c2)c(Cl)c1. The molecule has 0 atom stereocenters. The summed E-state index contributed by atoms with van der Waals surface area (Å²) in [5.74, 6) is -0.591. The number of carbonyl (C=O) groups excluding carboxylic acids is 1. The van der Waals surface area contributed by atoms with E-state index in [4.69, 9.17) is 11.6 Å².